The lowest BCUT2D eigenvalue weighted by atomic mass is 9.94. The topological polar surface area (TPSA) is 72.3 Å². The third-order valence-corrected chi connectivity index (χ3v) is 5.70. The number of nitrogens with zero attached hydrogens (tertiary/aromatic N) is 4. The van der Waals surface area contributed by atoms with Crippen LogP contribution in [0.5, 0.6) is 5.88 Å². The van der Waals surface area contributed by atoms with Gasteiger partial charge in [-0.15, -0.1) is 0 Å². The summed E-state index contributed by atoms with van der Waals surface area (Å²) in [5.74, 6) is 0.182. The van der Waals surface area contributed by atoms with Gasteiger partial charge in [-0.3, -0.25) is 14.4 Å². The molecule has 1 amide bonds. The molecule has 7 heteroatoms. The van der Waals surface area contributed by atoms with Crippen LogP contribution >= 0.6 is 0 Å². The van der Waals surface area contributed by atoms with E-state index in [0.717, 1.165) is 31.4 Å². The highest BCUT2D eigenvalue weighted by molar-refractivity contribution is 5.96. The van der Waals surface area contributed by atoms with E-state index < -0.39 is 0 Å². The van der Waals surface area contributed by atoms with Crippen molar-refractivity contribution in [3.05, 3.63) is 41.3 Å². The smallest absolute Gasteiger partial charge is 0.257 e. The average molecular weight is 383 g/mol. The second-order valence-corrected chi connectivity index (χ2v) is 7.58. The zero-order chi connectivity index (χ0) is 19.3. The van der Waals surface area contributed by atoms with Gasteiger partial charge in [0.15, 0.2) is 0 Å². The molecule has 1 saturated carbocycles. The molecule has 150 valence electrons. The van der Waals surface area contributed by atoms with Gasteiger partial charge in [0.1, 0.15) is 5.56 Å². The Hall–Kier alpha value is -2.41. The van der Waals surface area contributed by atoms with Crippen molar-refractivity contribution in [3.8, 4) is 5.88 Å². The molecule has 0 saturated heterocycles. The molecule has 3 heterocycles. The van der Waals surface area contributed by atoms with Crippen molar-refractivity contribution < 1.29 is 9.53 Å². The molecule has 1 fully saturated rings. The van der Waals surface area contributed by atoms with Gasteiger partial charge in [0, 0.05) is 25.3 Å². The second-order valence-electron chi connectivity index (χ2n) is 7.58. The maximum Gasteiger partial charge on any atom is 0.257 e. The number of carbonyl (C=O) groups excluding carboxylic acids is 1. The van der Waals surface area contributed by atoms with Gasteiger partial charge < -0.3 is 10.1 Å². The Morgan fingerprint density at radius 2 is 2.14 bits per heavy atom. The summed E-state index contributed by atoms with van der Waals surface area (Å²) >= 11 is 0. The van der Waals surface area contributed by atoms with Crippen LogP contribution in [0.3, 0.4) is 0 Å². The lowest BCUT2D eigenvalue weighted by Crippen LogP contribution is -2.42. The van der Waals surface area contributed by atoms with Crippen molar-refractivity contribution in [3.63, 3.8) is 0 Å². The molecule has 0 spiro atoms. The third-order valence-electron chi connectivity index (χ3n) is 5.70. The standard InChI is InChI=1S/C21H29N5O2/c1-2-28-21-19(9-6-10-22-21)20(27)23-14-16-13-18-15-25(11-12-26(18)24-16)17-7-4-3-5-8-17/h6,9-10,13,17H,2-5,7-8,11-12,14-15H2,1H3,(H,23,27). The van der Waals surface area contributed by atoms with E-state index in [9.17, 15) is 4.79 Å². The minimum atomic E-state index is -0.189. The summed E-state index contributed by atoms with van der Waals surface area (Å²) in [6.07, 6.45) is 8.37. The van der Waals surface area contributed by atoms with E-state index in [0.29, 0.717) is 24.6 Å². The lowest BCUT2D eigenvalue weighted by Gasteiger charge is -2.36. The Kier molecular flexibility index (Phi) is 5.90. The predicted molar refractivity (Wildman–Crippen MR) is 106 cm³/mol. The summed E-state index contributed by atoms with van der Waals surface area (Å²) in [5, 5.41) is 7.63. The van der Waals surface area contributed by atoms with Crippen LogP contribution < -0.4 is 10.1 Å². The van der Waals surface area contributed by atoms with Gasteiger partial charge in [0.05, 0.1) is 31.1 Å². The fraction of sp³-hybridized carbons (Fsp3) is 0.571. The van der Waals surface area contributed by atoms with Crippen molar-refractivity contribution in [2.75, 3.05) is 13.2 Å². The fourth-order valence-electron chi connectivity index (χ4n) is 4.27. The molecular formula is C21H29N5O2. The monoisotopic (exact) mass is 383 g/mol. The van der Waals surface area contributed by atoms with Gasteiger partial charge in [-0.1, -0.05) is 19.3 Å². The fourth-order valence-corrected chi connectivity index (χ4v) is 4.27. The Labute approximate surface area is 166 Å². The Morgan fingerprint density at radius 3 is 2.96 bits per heavy atom. The average Bonchev–Trinajstić information content (AvgIpc) is 3.15. The van der Waals surface area contributed by atoms with E-state index in [4.69, 9.17) is 4.74 Å². The van der Waals surface area contributed by atoms with Crippen LogP contribution in [0.4, 0.5) is 0 Å². The number of nitrogens with one attached hydrogen (secondary N) is 1. The summed E-state index contributed by atoms with van der Waals surface area (Å²) in [5.41, 5.74) is 2.60. The molecule has 1 aliphatic heterocycles. The van der Waals surface area contributed by atoms with Gasteiger partial charge in [-0.25, -0.2) is 4.98 Å². The van der Waals surface area contributed by atoms with E-state index in [1.54, 1.807) is 18.3 Å². The first-order valence-corrected chi connectivity index (χ1v) is 10.4. The van der Waals surface area contributed by atoms with Crippen LogP contribution in [0.1, 0.15) is 60.8 Å². The summed E-state index contributed by atoms with van der Waals surface area (Å²) in [6.45, 7) is 5.71. The number of rotatable bonds is 6. The van der Waals surface area contributed by atoms with Gasteiger partial charge in [-0.2, -0.15) is 5.10 Å². The van der Waals surface area contributed by atoms with Crippen molar-refractivity contribution in [1.29, 1.82) is 0 Å². The van der Waals surface area contributed by atoms with E-state index in [2.05, 4.69) is 31.0 Å². The molecule has 2 aliphatic rings. The summed E-state index contributed by atoms with van der Waals surface area (Å²) in [7, 11) is 0. The zero-order valence-electron chi connectivity index (χ0n) is 16.6. The van der Waals surface area contributed by atoms with E-state index in [1.165, 1.54) is 37.8 Å². The molecular weight excluding hydrogens is 354 g/mol. The quantitative estimate of drug-likeness (QED) is 0.830. The van der Waals surface area contributed by atoms with Crippen LogP contribution in [-0.4, -0.2) is 44.8 Å². The number of aromatic nitrogens is 3. The van der Waals surface area contributed by atoms with Gasteiger partial charge in [0.25, 0.3) is 5.91 Å². The minimum Gasteiger partial charge on any atom is -0.477 e. The van der Waals surface area contributed by atoms with Gasteiger partial charge in [-0.05, 0) is 38.0 Å². The summed E-state index contributed by atoms with van der Waals surface area (Å²) < 4.78 is 7.54. The number of carbonyl (C=O) groups is 1. The number of amides is 1. The van der Waals surface area contributed by atoms with E-state index in [1.807, 2.05) is 6.92 Å². The highest BCUT2D eigenvalue weighted by Gasteiger charge is 2.26. The first kappa shape index (κ1) is 18.9. The molecule has 28 heavy (non-hydrogen) atoms. The summed E-state index contributed by atoms with van der Waals surface area (Å²) in [6, 6.07) is 6.32. The SMILES string of the molecule is CCOc1ncccc1C(=O)NCc1cc2n(n1)CCN(C1CCCCC1)C2. The van der Waals surface area contributed by atoms with Gasteiger partial charge in [0.2, 0.25) is 5.88 Å². The molecule has 2 aromatic heterocycles. The highest BCUT2D eigenvalue weighted by atomic mass is 16.5. The van der Waals surface area contributed by atoms with Crippen LogP contribution in [0.15, 0.2) is 24.4 Å². The van der Waals surface area contributed by atoms with Crippen molar-refractivity contribution in [1.82, 2.24) is 25.0 Å². The maximum absolute atomic E-state index is 12.5. The molecule has 0 atom stereocenters. The number of hydrogen-bond donors (Lipinski definition) is 1. The Morgan fingerprint density at radius 1 is 1.29 bits per heavy atom. The highest BCUT2D eigenvalue weighted by Crippen LogP contribution is 2.26. The molecule has 7 nitrogen and oxygen atoms in total. The van der Waals surface area contributed by atoms with Crippen LogP contribution in [0, 0.1) is 0 Å². The third kappa shape index (κ3) is 4.19. The lowest BCUT2D eigenvalue weighted by molar-refractivity contribution is 0.0945. The van der Waals surface area contributed by atoms with Crippen molar-refractivity contribution in [2.45, 2.75) is 64.7 Å². The van der Waals surface area contributed by atoms with Crippen LogP contribution in [0.2, 0.25) is 0 Å². The summed E-state index contributed by atoms with van der Waals surface area (Å²) in [4.78, 5) is 19.3. The first-order chi connectivity index (χ1) is 13.7. The largest absolute Gasteiger partial charge is 0.477 e. The van der Waals surface area contributed by atoms with Crippen molar-refractivity contribution >= 4 is 5.91 Å². The normalized spacial score (nSPS) is 17.9. The van der Waals surface area contributed by atoms with E-state index in [-0.39, 0.29) is 5.91 Å². The Bertz CT molecular complexity index is 813. The van der Waals surface area contributed by atoms with Gasteiger partial charge >= 0.3 is 0 Å². The van der Waals surface area contributed by atoms with Crippen LogP contribution in [-0.2, 0) is 19.6 Å². The number of ether oxygens (including phenoxy) is 1. The molecule has 1 N–H and O–H groups in total. The molecule has 0 aromatic carbocycles. The molecule has 4 rings (SSSR count). The maximum atomic E-state index is 12.5. The number of fused-ring (bicyclic) bond motifs is 1. The minimum absolute atomic E-state index is 0.189. The number of pyridine rings is 1. The van der Waals surface area contributed by atoms with Crippen molar-refractivity contribution in [2.24, 2.45) is 0 Å². The molecule has 0 bridgehead atoms. The molecule has 0 unspecified atom stereocenters. The second kappa shape index (κ2) is 8.73. The zero-order valence-corrected chi connectivity index (χ0v) is 16.6. The van der Waals surface area contributed by atoms with E-state index >= 15 is 0 Å². The van der Waals surface area contributed by atoms with Crippen LogP contribution in [0.25, 0.3) is 0 Å². The molecule has 1 aliphatic carbocycles. The molecule has 2 aromatic rings. The predicted octanol–water partition coefficient (Wildman–Crippen LogP) is 2.76. The number of hydrogen-bond acceptors (Lipinski definition) is 5. The Balaban J connectivity index is 1.37. The molecule has 0 radical (unpaired) electrons. The first-order valence-electron chi connectivity index (χ1n) is 10.4.